The molecule has 0 fully saturated rings. The molecule has 0 saturated heterocycles. The Balaban J connectivity index is 1.95. The highest BCUT2D eigenvalue weighted by Gasteiger charge is 2.20. The van der Waals surface area contributed by atoms with Crippen molar-refractivity contribution in [3.8, 4) is 0 Å². The average molecular weight is 434 g/mol. The van der Waals surface area contributed by atoms with E-state index in [4.69, 9.17) is 0 Å². The van der Waals surface area contributed by atoms with Gasteiger partial charge < -0.3 is 5.32 Å². The molecule has 1 atom stereocenters. The standard InChI is InChI=1S/C20H23N3O4S2/c1-4-13(3)21-19(24)15-8-6-7-9-16(15)22-29(26,27)14-10-11-17-18(12-14)28-20(25)23(17)5-2/h6-13,22H,4-5H2,1-3H3,(H,21,24)/t13-/m1/s1. The number of fused-ring (bicyclic) bond motifs is 1. The van der Waals surface area contributed by atoms with E-state index in [9.17, 15) is 18.0 Å². The Morgan fingerprint density at radius 2 is 1.90 bits per heavy atom. The lowest BCUT2D eigenvalue weighted by atomic mass is 10.1. The van der Waals surface area contributed by atoms with Crippen molar-refractivity contribution >= 4 is 43.2 Å². The third kappa shape index (κ3) is 4.35. The van der Waals surface area contributed by atoms with Crippen LogP contribution >= 0.6 is 11.3 Å². The fourth-order valence-corrected chi connectivity index (χ4v) is 5.07. The van der Waals surface area contributed by atoms with Gasteiger partial charge in [0.25, 0.3) is 15.9 Å². The van der Waals surface area contributed by atoms with Gasteiger partial charge in [0, 0.05) is 12.6 Å². The van der Waals surface area contributed by atoms with Gasteiger partial charge in [0.15, 0.2) is 0 Å². The minimum atomic E-state index is -3.94. The second-order valence-electron chi connectivity index (χ2n) is 6.68. The van der Waals surface area contributed by atoms with Crippen molar-refractivity contribution < 1.29 is 13.2 Å². The summed E-state index contributed by atoms with van der Waals surface area (Å²) < 4.78 is 30.6. The van der Waals surface area contributed by atoms with E-state index in [0.717, 1.165) is 17.8 Å². The number of aryl methyl sites for hydroxylation is 1. The van der Waals surface area contributed by atoms with Crippen LogP contribution in [0.3, 0.4) is 0 Å². The maximum atomic E-state index is 12.9. The zero-order valence-electron chi connectivity index (χ0n) is 16.4. The summed E-state index contributed by atoms with van der Waals surface area (Å²) in [4.78, 5) is 24.5. The predicted octanol–water partition coefficient (Wildman–Crippen LogP) is 3.41. The van der Waals surface area contributed by atoms with Gasteiger partial charge in [-0.05, 0) is 50.6 Å². The molecule has 0 aliphatic carbocycles. The Labute approximate surface area is 173 Å². The molecular formula is C20H23N3O4S2. The van der Waals surface area contributed by atoms with E-state index < -0.39 is 10.0 Å². The van der Waals surface area contributed by atoms with Gasteiger partial charge in [-0.15, -0.1) is 0 Å². The van der Waals surface area contributed by atoms with Crippen molar-refractivity contribution in [2.75, 3.05) is 4.72 Å². The van der Waals surface area contributed by atoms with E-state index in [2.05, 4.69) is 10.0 Å². The monoisotopic (exact) mass is 433 g/mol. The Morgan fingerprint density at radius 3 is 2.59 bits per heavy atom. The molecular weight excluding hydrogens is 410 g/mol. The number of hydrogen-bond acceptors (Lipinski definition) is 5. The summed E-state index contributed by atoms with van der Waals surface area (Å²) >= 11 is 1.01. The number of sulfonamides is 1. The smallest absolute Gasteiger partial charge is 0.308 e. The van der Waals surface area contributed by atoms with Crippen molar-refractivity contribution in [2.24, 2.45) is 0 Å². The van der Waals surface area contributed by atoms with E-state index in [0.29, 0.717) is 16.8 Å². The number of benzene rings is 2. The fraction of sp³-hybridized carbons (Fsp3) is 0.300. The quantitative estimate of drug-likeness (QED) is 0.597. The first-order valence-electron chi connectivity index (χ1n) is 9.33. The summed E-state index contributed by atoms with van der Waals surface area (Å²) in [7, 11) is -3.94. The van der Waals surface area contributed by atoms with Crippen LogP contribution in [-0.2, 0) is 16.6 Å². The topological polar surface area (TPSA) is 97.3 Å². The second-order valence-corrected chi connectivity index (χ2v) is 9.35. The van der Waals surface area contributed by atoms with Crippen molar-refractivity contribution in [3.63, 3.8) is 0 Å². The van der Waals surface area contributed by atoms with Crippen LogP contribution in [0, 0.1) is 0 Å². The number of aromatic nitrogens is 1. The molecule has 0 bridgehead atoms. The SMILES string of the molecule is CC[C@@H](C)NC(=O)c1ccccc1NS(=O)(=O)c1ccc2c(c1)sc(=O)n2CC. The number of para-hydroxylation sites is 1. The third-order valence-electron chi connectivity index (χ3n) is 4.67. The van der Waals surface area contributed by atoms with Crippen molar-refractivity contribution in [1.82, 2.24) is 9.88 Å². The highest BCUT2D eigenvalue weighted by Crippen LogP contribution is 2.25. The summed E-state index contributed by atoms with van der Waals surface area (Å²) in [6.45, 7) is 6.21. The number of thiazole rings is 1. The van der Waals surface area contributed by atoms with Crippen LogP contribution in [0.2, 0.25) is 0 Å². The molecule has 0 aliphatic heterocycles. The van der Waals surface area contributed by atoms with Gasteiger partial charge in [-0.25, -0.2) is 8.42 Å². The van der Waals surface area contributed by atoms with E-state index in [1.807, 2.05) is 20.8 Å². The number of nitrogens with zero attached hydrogens (tertiary/aromatic N) is 1. The Morgan fingerprint density at radius 1 is 1.17 bits per heavy atom. The van der Waals surface area contributed by atoms with Gasteiger partial charge in [0.05, 0.1) is 26.4 Å². The molecule has 3 aromatic rings. The van der Waals surface area contributed by atoms with Crippen molar-refractivity contribution in [1.29, 1.82) is 0 Å². The van der Waals surface area contributed by atoms with Crippen LogP contribution in [-0.4, -0.2) is 24.9 Å². The van der Waals surface area contributed by atoms with Crippen molar-refractivity contribution in [2.45, 2.75) is 44.7 Å². The number of carbonyl (C=O) groups excluding carboxylic acids is 1. The molecule has 2 aromatic carbocycles. The highest BCUT2D eigenvalue weighted by molar-refractivity contribution is 7.92. The second kappa shape index (κ2) is 8.38. The molecule has 0 unspecified atom stereocenters. The van der Waals surface area contributed by atoms with Gasteiger partial charge in [-0.1, -0.05) is 30.4 Å². The molecule has 154 valence electrons. The largest absolute Gasteiger partial charge is 0.350 e. The first kappa shape index (κ1) is 21.1. The molecule has 1 amide bonds. The lowest BCUT2D eigenvalue weighted by Gasteiger charge is -2.15. The van der Waals surface area contributed by atoms with Crippen LogP contribution in [0.15, 0.2) is 52.2 Å². The number of hydrogen-bond donors (Lipinski definition) is 2. The zero-order valence-corrected chi connectivity index (χ0v) is 18.1. The minimum Gasteiger partial charge on any atom is -0.350 e. The molecule has 0 saturated carbocycles. The highest BCUT2D eigenvalue weighted by atomic mass is 32.2. The van der Waals surface area contributed by atoms with Gasteiger partial charge in [0.2, 0.25) is 0 Å². The lowest BCUT2D eigenvalue weighted by Crippen LogP contribution is -2.32. The average Bonchev–Trinajstić information content (AvgIpc) is 3.01. The van der Waals surface area contributed by atoms with Crippen LogP contribution < -0.4 is 14.9 Å². The third-order valence-corrected chi connectivity index (χ3v) is 6.98. The summed E-state index contributed by atoms with van der Waals surface area (Å²) in [5.41, 5.74) is 1.15. The summed E-state index contributed by atoms with van der Waals surface area (Å²) in [5.74, 6) is -0.341. The zero-order chi connectivity index (χ0) is 21.2. The number of carbonyl (C=O) groups is 1. The lowest BCUT2D eigenvalue weighted by molar-refractivity contribution is 0.0940. The molecule has 0 aliphatic rings. The minimum absolute atomic E-state index is 0.0278. The summed E-state index contributed by atoms with van der Waals surface area (Å²) in [5, 5.41) is 2.84. The van der Waals surface area contributed by atoms with Crippen molar-refractivity contribution in [3.05, 3.63) is 57.7 Å². The predicted molar refractivity (Wildman–Crippen MR) is 116 cm³/mol. The molecule has 0 spiro atoms. The summed E-state index contributed by atoms with van der Waals surface area (Å²) in [6, 6.07) is 11.0. The number of rotatable bonds is 7. The fourth-order valence-electron chi connectivity index (χ4n) is 2.89. The Hall–Kier alpha value is -2.65. The van der Waals surface area contributed by atoms with Gasteiger partial charge in [-0.3, -0.25) is 18.9 Å². The number of anilines is 1. The van der Waals surface area contributed by atoms with Gasteiger partial charge in [0.1, 0.15) is 0 Å². The van der Waals surface area contributed by atoms with E-state index in [-0.39, 0.29) is 33.0 Å². The molecule has 7 nitrogen and oxygen atoms in total. The molecule has 1 aromatic heterocycles. The maximum absolute atomic E-state index is 12.9. The first-order chi connectivity index (χ1) is 13.8. The molecule has 9 heteroatoms. The molecule has 29 heavy (non-hydrogen) atoms. The maximum Gasteiger partial charge on any atom is 0.308 e. The van der Waals surface area contributed by atoms with E-state index >= 15 is 0 Å². The van der Waals surface area contributed by atoms with E-state index in [1.165, 1.54) is 12.1 Å². The van der Waals surface area contributed by atoms with Crippen LogP contribution in [0.25, 0.3) is 10.2 Å². The number of nitrogens with one attached hydrogen (secondary N) is 2. The van der Waals surface area contributed by atoms with Crippen LogP contribution in [0.5, 0.6) is 0 Å². The molecule has 2 N–H and O–H groups in total. The normalized spacial score (nSPS) is 12.7. The first-order valence-corrected chi connectivity index (χ1v) is 11.6. The Bertz CT molecular complexity index is 1210. The van der Waals surface area contributed by atoms with Gasteiger partial charge in [-0.2, -0.15) is 0 Å². The number of amides is 1. The molecule has 1 heterocycles. The van der Waals surface area contributed by atoms with Crippen LogP contribution in [0.4, 0.5) is 5.69 Å². The molecule has 0 radical (unpaired) electrons. The van der Waals surface area contributed by atoms with Gasteiger partial charge >= 0.3 is 4.87 Å². The van der Waals surface area contributed by atoms with Crippen LogP contribution in [0.1, 0.15) is 37.6 Å². The summed E-state index contributed by atoms with van der Waals surface area (Å²) in [6.07, 6.45) is 0.764. The molecule has 3 rings (SSSR count). The van der Waals surface area contributed by atoms with E-state index in [1.54, 1.807) is 34.9 Å². The Kier molecular flexibility index (Phi) is 6.09.